The van der Waals surface area contributed by atoms with Gasteiger partial charge in [-0.05, 0) is 17.7 Å². The first-order valence-corrected chi connectivity index (χ1v) is 8.80. The van der Waals surface area contributed by atoms with Crippen molar-refractivity contribution in [3.8, 4) is 0 Å². The SMILES string of the molecule is CN1N=C(C(=O)N[C@H](c2ccccc2)c2cc3ccccc3o2)CCC1=O. The van der Waals surface area contributed by atoms with Crippen LogP contribution >= 0.6 is 0 Å². The van der Waals surface area contributed by atoms with Crippen LogP contribution < -0.4 is 5.32 Å². The molecule has 2 amide bonds. The van der Waals surface area contributed by atoms with Crippen molar-refractivity contribution < 1.29 is 14.0 Å². The largest absolute Gasteiger partial charge is 0.459 e. The van der Waals surface area contributed by atoms with Gasteiger partial charge in [-0.2, -0.15) is 5.10 Å². The van der Waals surface area contributed by atoms with E-state index >= 15 is 0 Å². The monoisotopic (exact) mass is 361 g/mol. The highest BCUT2D eigenvalue weighted by molar-refractivity contribution is 6.39. The number of hydrogen-bond acceptors (Lipinski definition) is 4. The third-order valence-electron chi connectivity index (χ3n) is 4.61. The fraction of sp³-hybridized carbons (Fsp3) is 0.190. The summed E-state index contributed by atoms with van der Waals surface area (Å²) in [5.41, 5.74) is 2.02. The van der Waals surface area contributed by atoms with Gasteiger partial charge in [-0.3, -0.25) is 9.59 Å². The van der Waals surface area contributed by atoms with Crippen molar-refractivity contribution in [2.24, 2.45) is 5.10 Å². The van der Waals surface area contributed by atoms with E-state index in [1.807, 2.05) is 60.7 Å². The normalized spacial score (nSPS) is 15.5. The fourth-order valence-electron chi connectivity index (χ4n) is 3.16. The molecule has 0 saturated carbocycles. The average Bonchev–Trinajstić information content (AvgIpc) is 3.12. The van der Waals surface area contributed by atoms with Gasteiger partial charge in [-0.1, -0.05) is 48.5 Å². The Bertz CT molecular complexity index is 990. The molecule has 0 saturated heterocycles. The van der Waals surface area contributed by atoms with Crippen molar-refractivity contribution in [2.75, 3.05) is 7.05 Å². The maximum Gasteiger partial charge on any atom is 0.268 e. The molecule has 2 aromatic carbocycles. The summed E-state index contributed by atoms with van der Waals surface area (Å²) in [7, 11) is 1.56. The van der Waals surface area contributed by atoms with Crippen LogP contribution in [0.3, 0.4) is 0 Å². The fourth-order valence-corrected chi connectivity index (χ4v) is 3.16. The molecule has 6 nitrogen and oxygen atoms in total. The lowest BCUT2D eigenvalue weighted by Crippen LogP contribution is -2.39. The minimum atomic E-state index is -0.447. The Hall–Kier alpha value is -3.41. The Labute approximate surface area is 156 Å². The summed E-state index contributed by atoms with van der Waals surface area (Å²) in [4.78, 5) is 24.4. The molecule has 1 N–H and O–H groups in total. The number of nitrogens with zero attached hydrogens (tertiary/aromatic N) is 2. The number of benzene rings is 2. The topological polar surface area (TPSA) is 74.9 Å². The van der Waals surface area contributed by atoms with Crippen molar-refractivity contribution in [1.29, 1.82) is 0 Å². The first-order valence-electron chi connectivity index (χ1n) is 8.80. The zero-order valence-electron chi connectivity index (χ0n) is 14.9. The molecule has 1 atom stereocenters. The number of furan rings is 1. The number of para-hydroxylation sites is 1. The zero-order chi connectivity index (χ0) is 18.8. The third-order valence-corrected chi connectivity index (χ3v) is 4.61. The Morgan fingerprint density at radius 2 is 1.85 bits per heavy atom. The van der Waals surface area contributed by atoms with E-state index < -0.39 is 6.04 Å². The Kier molecular flexibility index (Phi) is 4.46. The number of nitrogens with one attached hydrogen (secondary N) is 1. The molecule has 2 heterocycles. The molecule has 3 aromatic rings. The summed E-state index contributed by atoms with van der Waals surface area (Å²) in [5, 5.41) is 9.31. The number of hydrazone groups is 1. The van der Waals surface area contributed by atoms with Crippen molar-refractivity contribution in [3.05, 3.63) is 72.0 Å². The molecule has 6 heteroatoms. The number of amides is 2. The minimum absolute atomic E-state index is 0.0940. The van der Waals surface area contributed by atoms with Crippen LogP contribution in [0, 0.1) is 0 Å². The minimum Gasteiger partial charge on any atom is -0.459 e. The Morgan fingerprint density at radius 1 is 1.11 bits per heavy atom. The van der Waals surface area contributed by atoms with Gasteiger partial charge in [0.05, 0.1) is 0 Å². The van der Waals surface area contributed by atoms with Crippen molar-refractivity contribution in [2.45, 2.75) is 18.9 Å². The second kappa shape index (κ2) is 7.07. The van der Waals surface area contributed by atoms with Gasteiger partial charge in [-0.15, -0.1) is 0 Å². The summed E-state index contributed by atoms with van der Waals surface area (Å²) < 4.78 is 5.99. The molecule has 0 radical (unpaired) electrons. The number of rotatable bonds is 4. The molecule has 4 rings (SSSR count). The third kappa shape index (κ3) is 3.46. The van der Waals surface area contributed by atoms with Crippen LogP contribution in [-0.2, 0) is 9.59 Å². The second-order valence-corrected chi connectivity index (χ2v) is 6.47. The van der Waals surface area contributed by atoms with Gasteiger partial charge >= 0.3 is 0 Å². The van der Waals surface area contributed by atoms with Crippen LogP contribution in [0.5, 0.6) is 0 Å². The van der Waals surface area contributed by atoms with Crippen molar-refractivity contribution in [1.82, 2.24) is 10.3 Å². The Morgan fingerprint density at radius 3 is 2.59 bits per heavy atom. The quantitative estimate of drug-likeness (QED) is 0.775. The highest BCUT2D eigenvalue weighted by Gasteiger charge is 2.26. The number of carbonyl (C=O) groups is 2. The highest BCUT2D eigenvalue weighted by atomic mass is 16.3. The van der Waals surface area contributed by atoms with E-state index in [1.54, 1.807) is 7.05 Å². The van der Waals surface area contributed by atoms with E-state index in [1.165, 1.54) is 5.01 Å². The van der Waals surface area contributed by atoms with Gasteiger partial charge in [0.25, 0.3) is 5.91 Å². The van der Waals surface area contributed by atoms with Crippen LogP contribution in [0.1, 0.15) is 30.2 Å². The zero-order valence-corrected chi connectivity index (χ0v) is 14.9. The van der Waals surface area contributed by atoms with Crippen molar-refractivity contribution >= 4 is 28.5 Å². The molecule has 27 heavy (non-hydrogen) atoms. The predicted octanol–water partition coefficient (Wildman–Crippen LogP) is 3.25. The molecular formula is C21H19N3O3. The van der Waals surface area contributed by atoms with Gasteiger partial charge in [0, 0.05) is 25.3 Å². The average molecular weight is 361 g/mol. The maximum atomic E-state index is 12.8. The van der Waals surface area contributed by atoms with E-state index in [0.717, 1.165) is 16.5 Å². The van der Waals surface area contributed by atoms with Gasteiger partial charge in [0.15, 0.2) is 0 Å². The molecule has 0 spiro atoms. The molecule has 0 bridgehead atoms. The first-order chi connectivity index (χ1) is 13.1. The lowest BCUT2D eigenvalue weighted by molar-refractivity contribution is -0.130. The van der Waals surface area contributed by atoms with Gasteiger partial charge in [0.1, 0.15) is 23.1 Å². The summed E-state index contributed by atoms with van der Waals surface area (Å²) in [6.07, 6.45) is 0.611. The summed E-state index contributed by atoms with van der Waals surface area (Å²) in [5.74, 6) is 0.253. The molecule has 136 valence electrons. The van der Waals surface area contributed by atoms with E-state index in [4.69, 9.17) is 4.42 Å². The number of carbonyl (C=O) groups excluding carboxylic acids is 2. The molecule has 0 unspecified atom stereocenters. The molecule has 0 aliphatic carbocycles. The van der Waals surface area contributed by atoms with Crippen LogP contribution in [0.15, 0.2) is 70.2 Å². The van der Waals surface area contributed by atoms with Gasteiger partial charge < -0.3 is 9.73 Å². The highest BCUT2D eigenvalue weighted by Crippen LogP contribution is 2.28. The molecule has 1 aliphatic heterocycles. The predicted molar refractivity (Wildman–Crippen MR) is 102 cm³/mol. The summed E-state index contributed by atoms with van der Waals surface area (Å²) >= 11 is 0. The second-order valence-electron chi connectivity index (χ2n) is 6.47. The molecule has 1 aliphatic rings. The lowest BCUT2D eigenvalue weighted by Gasteiger charge is -2.21. The van der Waals surface area contributed by atoms with Gasteiger partial charge in [0.2, 0.25) is 5.91 Å². The van der Waals surface area contributed by atoms with E-state index in [9.17, 15) is 9.59 Å². The van der Waals surface area contributed by atoms with Crippen molar-refractivity contribution in [3.63, 3.8) is 0 Å². The Balaban J connectivity index is 1.68. The van der Waals surface area contributed by atoms with Crippen LogP contribution in [0.2, 0.25) is 0 Å². The number of fused-ring (bicyclic) bond motifs is 1. The standard InChI is InChI=1S/C21H19N3O3/c1-24-19(25)12-11-16(23-24)21(26)22-20(14-7-3-2-4-8-14)18-13-15-9-5-6-10-17(15)27-18/h2-10,13,20H,11-12H2,1H3,(H,22,26)/t20-/m1/s1. The van der Waals surface area contributed by atoms with E-state index in [2.05, 4.69) is 10.4 Å². The maximum absolute atomic E-state index is 12.8. The number of hydrogen-bond donors (Lipinski definition) is 1. The van der Waals surface area contributed by atoms with Crippen LogP contribution in [0.4, 0.5) is 0 Å². The lowest BCUT2D eigenvalue weighted by atomic mass is 10.0. The molecule has 1 aromatic heterocycles. The van der Waals surface area contributed by atoms with Crippen LogP contribution in [0.25, 0.3) is 11.0 Å². The van der Waals surface area contributed by atoms with Crippen LogP contribution in [-0.4, -0.2) is 29.6 Å². The summed E-state index contributed by atoms with van der Waals surface area (Å²) in [6.45, 7) is 0. The van der Waals surface area contributed by atoms with E-state index in [-0.39, 0.29) is 18.2 Å². The summed E-state index contributed by atoms with van der Waals surface area (Å²) in [6, 6.07) is 18.9. The van der Waals surface area contributed by atoms with Gasteiger partial charge in [-0.25, -0.2) is 5.01 Å². The molecular weight excluding hydrogens is 342 g/mol. The molecule has 0 fully saturated rings. The van der Waals surface area contributed by atoms with E-state index in [0.29, 0.717) is 17.9 Å². The first kappa shape index (κ1) is 17.0. The smallest absolute Gasteiger partial charge is 0.268 e.